The molecule has 0 saturated carbocycles. The predicted molar refractivity (Wildman–Crippen MR) is 212 cm³/mol. The molecule has 0 spiro atoms. The summed E-state index contributed by atoms with van der Waals surface area (Å²) in [6.45, 7) is 6.35. The van der Waals surface area contributed by atoms with Crippen LogP contribution < -0.4 is 10.2 Å². The van der Waals surface area contributed by atoms with Gasteiger partial charge in [-0.1, -0.05) is 129 Å². The number of nitrogens with zero attached hydrogens (tertiary/aromatic N) is 1. The molecular formula is C44H67NO8. The summed E-state index contributed by atoms with van der Waals surface area (Å²) in [6, 6.07) is 9.32. The van der Waals surface area contributed by atoms with Crippen LogP contribution in [0.25, 0.3) is 22.6 Å². The van der Waals surface area contributed by atoms with Crippen molar-refractivity contribution in [1.82, 2.24) is 4.98 Å². The molecule has 1 heterocycles. The first kappa shape index (κ1) is 44.1. The van der Waals surface area contributed by atoms with E-state index in [2.05, 4.69) is 18.8 Å². The minimum atomic E-state index is -0.467. The number of unbranched alkanes of at least 4 members (excludes halogenated alkanes) is 18. The van der Waals surface area contributed by atoms with Crippen molar-refractivity contribution >= 4 is 23.0 Å². The van der Waals surface area contributed by atoms with Crippen molar-refractivity contribution in [3.05, 3.63) is 46.6 Å². The molecule has 1 aliphatic heterocycles. The molecule has 1 aromatic carbocycles. The quantitative estimate of drug-likeness (QED) is 0.0267. The second kappa shape index (κ2) is 28.2. The Labute approximate surface area is 318 Å². The van der Waals surface area contributed by atoms with Gasteiger partial charge < -0.3 is 23.4 Å². The van der Waals surface area contributed by atoms with Crippen LogP contribution in [0.1, 0.15) is 162 Å². The van der Waals surface area contributed by atoms with Crippen molar-refractivity contribution in [1.29, 1.82) is 0 Å². The van der Waals surface area contributed by atoms with Gasteiger partial charge in [0.25, 0.3) is 0 Å². The van der Waals surface area contributed by atoms with E-state index in [1.165, 1.54) is 121 Å². The summed E-state index contributed by atoms with van der Waals surface area (Å²) >= 11 is 0. The van der Waals surface area contributed by atoms with Crippen LogP contribution in [0.4, 0.5) is 0 Å². The van der Waals surface area contributed by atoms with Crippen molar-refractivity contribution in [2.75, 3.05) is 26.4 Å². The van der Waals surface area contributed by atoms with Crippen LogP contribution in [0.2, 0.25) is 0 Å². The molecule has 53 heavy (non-hydrogen) atoms. The lowest BCUT2D eigenvalue weighted by Gasteiger charge is -2.18. The maximum atomic E-state index is 12.6. The summed E-state index contributed by atoms with van der Waals surface area (Å²) < 4.78 is 28.9. The first-order valence-corrected chi connectivity index (χ1v) is 20.9. The van der Waals surface area contributed by atoms with Gasteiger partial charge in [-0.05, 0) is 43.5 Å². The van der Waals surface area contributed by atoms with Gasteiger partial charge in [0, 0.05) is 38.2 Å². The van der Waals surface area contributed by atoms with Crippen molar-refractivity contribution in [3.8, 4) is 17.2 Å². The fourth-order valence-electron chi connectivity index (χ4n) is 6.36. The fourth-order valence-corrected chi connectivity index (χ4v) is 6.36. The number of benzene rings is 2. The number of carbonyl (C=O) groups excluding carboxylic acids is 2. The molecule has 0 amide bonds. The molecule has 9 nitrogen and oxygen atoms in total. The Kier molecular flexibility index (Phi) is 23.5. The van der Waals surface area contributed by atoms with Gasteiger partial charge in [-0.15, -0.1) is 0 Å². The van der Waals surface area contributed by atoms with Crippen molar-refractivity contribution in [2.24, 2.45) is 0 Å². The van der Waals surface area contributed by atoms with E-state index in [0.717, 1.165) is 19.3 Å². The molecule has 1 aromatic rings. The van der Waals surface area contributed by atoms with Gasteiger partial charge in [-0.3, -0.25) is 14.4 Å². The van der Waals surface area contributed by atoms with E-state index >= 15 is 0 Å². The number of rotatable bonds is 32. The normalized spacial score (nSPS) is 12.0. The Morgan fingerprint density at radius 2 is 1.23 bits per heavy atom. The van der Waals surface area contributed by atoms with Crippen LogP contribution >= 0.6 is 0 Å². The lowest BCUT2D eigenvalue weighted by molar-refractivity contribution is -0.150. The first-order chi connectivity index (χ1) is 26.0. The lowest BCUT2D eigenvalue weighted by atomic mass is 10.1. The minimum Gasteiger partial charge on any atom is -0.463 e. The van der Waals surface area contributed by atoms with Gasteiger partial charge in [-0.2, -0.15) is 0 Å². The number of hydrogen-bond acceptors (Lipinski definition) is 9. The average Bonchev–Trinajstić information content (AvgIpc) is 3.15. The summed E-state index contributed by atoms with van der Waals surface area (Å²) in [6.07, 6.45) is 25.6. The molecule has 0 aromatic heterocycles. The molecule has 1 atom stereocenters. The first-order valence-electron chi connectivity index (χ1n) is 20.9. The molecule has 9 heteroatoms. The minimum absolute atomic E-state index is 0.0560. The third-order valence-corrected chi connectivity index (χ3v) is 9.54. The Bertz CT molecular complexity index is 1440. The second-order valence-electron chi connectivity index (χ2n) is 14.4. The number of ether oxygens (including phenoxy) is 4. The van der Waals surface area contributed by atoms with E-state index in [1.54, 1.807) is 24.3 Å². The number of hydrogen-bond donors (Lipinski definition) is 0. The topological polar surface area (TPSA) is 114 Å². The molecule has 1 aliphatic carbocycles. The maximum Gasteiger partial charge on any atom is 0.311 e. The summed E-state index contributed by atoms with van der Waals surface area (Å²) in [5.74, 6) is -0.182. The highest BCUT2D eigenvalue weighted by Crippen LogP contribution is 2.26. The maximum absolute atomic E-state index is 12.6. The molecule has 0 fully saturated rings. The monoisotopic (exact) mass is 737 g/mol. The smallest absolute Gasteiger partial charge is 0.311 e. The van der Waals surface area contributed by atoms with Crippen molar-refractivity contribution in [3.63, 3.8) is 0 Å². The molecule has 0 radical (unpaired) electrons. The highest BCUT2D eigenvalue weighted by molar-refractivity contribution is 5.80. The second-order valence-corrected chi connectivity index (χ2v) is 14.4. The van der Waals surface area contributed by atoms with Crippen molar-refractivity contribution in [2.45, 2.75) is 168 Å². The summed E-state index contributed by atoms with van der Waals surface area (Å²) in [4.78, 5) is 41.3. The molecule has 0 bridgehead atoms. The zero-order chi connectivity index (χ0) is 37.8. The van der Waals surface area contributed by atoms with E-state index in [9.17, 15) is 14.4 Å². The molecule has 296 valence electrons. The van der Waals surface area contributed by atoms with Crippen LogP contribution in [-0.2, 0) is 23.8 Å². The Balaban J connectivity index is 1.32. The van der Waals surface area contributed by atoms with E-state index in [0.29, 0.717) is 54.5 Å². The van der Waals surface area contributed by atoms with E-state index in [4.69, 9.17) is 23.4 Å². The summed E-state index contributed by atoms with van der Waals surface area (Å²) in [7, 11) is 0. The van der Waals surface area contributed by atoms with E-state index in [1.807, 2.05) is 0 Å². The zero-order valence-electron chi connectivity index (χ0n) is 32.8. The zero-order valence-corrected chi connectivity index (χ0v) is 32.8. The van der Waals surface area contributed by atoms with Gasteiger partial charge in [-0.25, -0.2) is 4.98 Å². The summed E-state index contributed by atoms with van der Waals surface area (Å²) in [5.41, 5.74) is 1.37. The third kappa shape index (κ3) is 20.1. The molecule has 0 saturated heterocycles. The van der Waals surface area contributed by atoms with Gasteiger partial charge in [0.1, 0.15) is 29.7 Å². The van der Waals surface area contributed by atoms with Crippen LogP contribution in [0.15, 0.2) is 45.6 Å². The Hall–Kier alpha value is -3.30. The van der Waals surface area contributed by atoms with Crippen LogP contribution in [0.5, 0.6) is 5.75 Å². The largest absolute Gasteiger partial charge is 0.463 e. The number of aromatic nitrogens is 1. The number of esters is 2. The highest BCUT2D eigenvalue weighted by Gasteiger charge is 2.15. The molecule has 1 unspecified atom stereocenters. The van der Waals surface area contributed by atoms with E-state index < -0.39 is 5.97 Å². The van der Waals surface area contributed by atoms with Crippen LogP contribution in [-0.4, -0.2) is 49.5 Å². The van der Waals surface area contributed by atoms with E-state index in [-0.39, 0.29) is 37.0 Å². The van der Waals surface area contributed by atoms with Gasteiger partial charge in [0.15, 0.2) is 16.8 Å². The molecule has 3 rings (SSSR count). The van der Waals surface area contributed by atoms with Gasteiger partial charge in [0.05, 0.1) is 6.61 Å². The van der Waals surface area contributed by atoms with Crippen LogP contribution in [0, 0.1) is 0 Å². The highest BCUT2D eigenvalue weighted by atomic mass is 16.6. The Morgan fingerprint density at radius 1 is 0.642 bits per heavy atom. The van der Waals surface area contributed by atoms with Gasteiger partial charge >= 0.3 is 11.9 Å². The standard InChI is InChI=1S/C44H67NO8/c1-3-5-7-9-11-13-15-17-19-21-30-49-34-38(50-31-22-20-18-16-14-12-10-8-6-4-2)35-51-43(47)24-23-25-44(48)52-37-27-29-40-42(33-37)53-41-32-36(46)26-28-39(41)45-40/h26-29,32-33,38H,3-25,30-31,34-35H2,1-2H3. The summed E-state index contributed by atoms with van der Waals surface area (Å²) in [5, 5.41) is 0. The van der Waals surface area contributed by atoms with Gasteiger partial charge in [0.2, 0.25) is 0 Å². The Morgan fingerprint density at radius 3 is 1.87 bits per heavy atom. The average molecular weight is 738 g/mol. The molecule has 0 N–H and O–H groups in total. The lowest BCUT2D eigenvalue weighted by Crippen LogP contribution is -2.28. The number of carbonyl (C=O) groups is 2. The SMILES string of the molecule is CCCCCCCCCCCCOCC(COC(=O)CCCC(=O)Oc1ccc2nc3ccc(=O)cc-3oc2c1)OCCCCCCCCCCCC. The number of fused-ring (bicyclic) bond motifs is 2. The third-order valence-electron chi connectivity index (χ3n) is 9.54. The van der Waals surface area contributed by atoms with Crippen molar-refractivity contribution < 1.29 is 33.0 Å². The molecule has 2 aliphatic rings. The fraction of sp³-hybridized carbons (Fsp3) is 0.682. The molecular weight excluding hydrogens is 670 g/mol. The van der Waals surface area contributed by atoms with Crippen LogP contribution in [0.3, 0.4) is 0 Å². The predicted octanol–water partition coefficient (Wildman–Crippen LogP) is 11.2.